The molecule has 0 spiro atoms. The summed E-state index contributed by atoms with van der Waals surface area (Å²) in [6, 6.07) is 9.54. The van der Waals surface area contributed by atoms with Crippen molar-refractivity contribution in [2.75, 3.05) is 38.0 Å². The molecule has 184 valence electrons. The quantitative estimate of drug-likeness (QED) is 0.622. The molecule has 2 aromatic rings. The highest BCUT2D eigenvalue weighted by atomic mass is 32.2. The molecule has 1 aliphatic heterocycles. The lowest BCUT2D eigenvalue weighted by atomic mass is 10.0. The Morgan fingerprint density at radius 1 is 0.941 bits per heavy atom. The zero-order valence-electron chi connectivity index (χ0n) is 19.5. The highest BCUT2D eigenvalue weighted by Gasteiger charge is 2.25. The largest absolute Gasteiger partial charge is 0.331 e. The van der Waals surface area contributed by atoms with Gasteiger partial charge in [-0.2, -0.15) is 0 Å². The van der Waals surface area contributed by atoms with Gasteiger partial charge in [-0.1, -0.05) is 32.0 Å². The van der Waals surface area contributed by atoms with Crippen molar-refractivity contribution in [1.29, 1.82) is 0 Å². The van der Waals surface area contributed by atoms with Gasteiger partial charge in [0, 0.05) is 31.9 Å². The highest BCUT2D eigenvalue weighted by molar-refractivity contribution is 7.90. The summed E-state index contributed by atoms with van der Waals surface area (Å²) in [6.45, 7) is 5.98. The molecule has 0 atom stereocenters. The summed E-state index contributed by atoms with van der Waals surface area (Å²) in [6.07, 6.45) is 2.24. The van der Waals surface area contributed by atoms with Crippen LogP contribution in [0.25, 0.3) is 0 Å². The number of amides is 3. The van der Waals surface area contributed by atoms with Crippen LogP contribution in [0.15, 0.2) is 47.4 Å². The van der Waals surface area contributed by atoms with Crippen LogP contribution in [-0.4, -0.2) is 62.9 Å². The SMILES string of the molecule is CCc1cccc(CC)c1NC(=O)CN1CCCN(C(=O)NS(=O)(=O)c2ccc(F)cc2)CC1. The van der Waals surface area contributed by atoms with Crippen molar-refractivity contribution in [1.82, 2.24) is 14.5 Å². The average Bonchev–Trinajstić information content (AvgIpc) is 3.04. The minimum absolute atomic E-state index is 0.118. The summed E-state index contributed by atoms with van der Waals surface area (Å²) < 4.78 is 40.0. The van der Waals surface area contributed by atoms with Gasteiger partial charge in [-0.25, -0.2) is 22.3 Å². The third-order valence-corrected chi connectivity index (χ3v) is 7.19. The van der Waals surface area contributed by atoms with Crippen LogP contribution in [0.1, 0.15) is 31.4 Å². The van der Waals surface area contributed by atoms with Gasteiger partial charge >= 0.3 is 6.03 Å². The van der Waals surface area contributed by atoms with E-state index in [1.54, 1.807) is 0 Å². The minimum Gasteiger partial charge on any atom is -0.324 e. The lowest BCUT2D eigenvalue weighted by molar-refractivity contribution is -0.117. The zero-order chi connectivity index (χ0) is 24.7. The van der Waals surface area contributed by atoms with Crippen LogP contribution in [0.5, 0.6) is 0 Å². The Morgan fingerprint density at radius 3 is 2.21 bits per heavy atom. The number of urea groups is 1. The Balaban J connectivity index is 1.56. The number of benzene rings is 2. The minimum atomic E-state index is -4.10. The molecule has 8 nitrogen and oxygen atoms in total. The van der Waals surface area contributed by atoms with Crippen molar-refractivity contribution in [3.63, 3.8) is 0 Å². The van der Waals surface area contributed by atoms with Crippen LogP contribution >= 0.6 is 0 Å². The fourth-order valence-corrected chi connectivity index (χ4v) is 4.94. The van der Waals surface area contributed by atoms with Crippen LogP contribution in [-0.2, 0) is 27.7 Å². The van der Waals surface area contributed by atoms with Crippen LogP contribution in [0, 0.1) is 5.82 Å². The van der Waals surface area contributed by atoms with Crippen molar-refractivity contribution < 1.29 is 22.4 Å². The Hall–Kier alpha value is -2.98. The van der Waals surface area contributed by atoms with Crippen molar-refractivity contribution in [3.8, 4) is 0 Å². The van der Waals surface area contributed by atoms with E-state index in [-0.39, 0.29) is 23.9 Å². The number of aryl methyl sites for hydroxylation is 2. The van der Waals surface area contributed by atoms with E-state index >= 15 is 0 Å². The van der Waals surface area contributed by atoms with Gasteiger partial charge in [-0.15, -0.1) is 0 Å². The highest BCUT2D eigenvalue weighted by Crippen LogP contribution is 2.22. The molecule has 1 aliphatic rings. The zero-order valence-corrected chi connectivity index (χ0v) is 20.3. The van der Waals surface area contributed by atoms with E-state index in [2.05, 4.69) is 19.2 Å². The molecular formula is C24H31FN4O4S. The van der Waals surface area contributed by atoms with Gasteiger partial charge in [-0.05, 0) is 54.7 Å². The molecular weight excluding hydrogens is 459 g/mol. The fourth-order valence-electron chi connectivity index (χ4n) is 3.97. The molecule has 3 amide bonds. The Bertz CT molecular complexity index is 1100. The first-order chi connectivity index (χ1) is 16.2. The lowest BCUT2D eigenvalue weighted by Gasteiger charge is -2.22. The molecule has 1 fully saturated rings. The molecule has 2 aromatic carbocycles. The van der Waals surface area contributed by atoms with Crippen molar-refractivity contribution in [3.05, 3.63) is 59.4 Å². The lowest BCUT2D eigenvalue weighted by Crippen LogP contribution is -2.44. The number of carbonyl (C=O) groups excluding carboxylic acids is 2. The molecule has 34 heavy (non-hydrogen) atoms. The second-order valence-electron chi connectivity index (χ2n) is 8.19. The number of nitrogens with one attached hydrogen (secondary N) is 2. The summed E-state index contributed by atoms with van der Waals surface area (Å²) in [5, 5.41) is 3.06. The molecule has 0 radical (unpaired) electrons. The molecule has 0 saturated carbocycles. The number of rotatable bonds is 7. The van der Waals surface area contributed by atoms with E-state index in [1.165, 1.54) is 4.90 Å². The van der Waals surface area contributed by atoms with Crippen LogP contribution < -0.4 is 10.0 Å². The van der Waals surface area contributed by atoms with Crippen molar-refractivity contribution in [2.24, 2.45) is 0 Å². The first kappa shape index (κ1) is 25.6. The molecule has 0 aliphatic carbocycles. The Kier molecular flexibility index (Phi) is 8.62. The maximum Gasteiger partial charge on any atom is 0.331 e. The predicted molar refractivity (Wildman–Crippen MR) is 129 cm³/mol. The van der Waals surface area contributed by atoms with Gasteiger partial charge in [0.15, 0.2) is 0 Å². The van der Waals surface area contributed by atoms with Gasteiger partial charge in [0.1, 0.15) is 5.82 Å². The van der Waals surface area contributed by atoms with Crippen molar-refractivity contribution in [2.45, 2.75) is 38.0 Å². The number of anilines is 1. The van der Waals surface area contributed by atoms with Gasteiger partial charge in [0.05, 0.1) is 11.4 Å². The van der Waals surface area contributed by atoms with E-state index in [9.17, 15) is 22.4 Å². The first-order valence-electron chi connectivity index (χ1n) is 11.4. The normalized spacial score (nSPS) is 15.0. The van der Waals surface area contributed by atoms with Gasteiger partial charge < -0.3 is 10.2 Å². The monoisotopic (exact) mass is 490 g/mol. The van der Waals surface area contributed by atoms with Crippen LogP contribution in [0.3, 0.4) is 0 Å². The molecule has 1 heterocycles. The van der Waals surface area contributed by atoms with Gasteiger partial charge in [-0.3, -0.25) is 9.69 Å². The topological polar surface area (TPSA) is 98.8 Å². The Morgan fingerprint density at radius 2 is 1.59 bits per heavy atom. The standard InChI is InChI=1S/C24H31FN4O4S/c1-3-18-7-5-8-19(4-2)23(18)26-22(30)17-28-13-6-14-29(16-15-28)24(31)27-34(32,33)21-11-9-20(25)10-12-21/h5,7-12H,3-4,6,13-17H2,1-2H3,(H,26,30)(H,27,31). The number of sulfonamides is 1. The number of halogens is 1. The van der Waals surface area contributed by atoms with E-state index in [0.717, 1.165) is 53.9 Å². The number of nitrogens with zero attached hydrogens (tertiary/aromatic N) is 2. The Labute approximate surface area is 200 Å². The third kappa shape index (κ3) is 6.54. The maximum absolute atomic E-state index is 13.1. The molecule has 10 heteroatoms. The second kappa shape index (κ2) is 11.4. The van der Waals surface area contributed by atoms with Crippen LogP contribution in [0.2, 0.25) is 0 Å². The average molecular weight is 491 g/mol. The number of hydrogen-bond donors (Lipinski definition) is 2. The summed E-state index contributed by atoms with van der Waals surface area (Å²) in [7, 11) is -4.10. The van der Waals surface area contributed by atoms with Crippen LogP contribution in [0.4, 0.5) is 14.9 Å². The van der Waals surface area contributed by atoms with E-state index in [1.807, 2.05) is 27.8 Å². The number of para-hydroxylation sites is 1. The number of carbonyl (C=O) groups is 2. The molecule has 0 bridgehead atoms. The smallest absolute Gasteiger partial charge is 0.324 e. The van der Waals surface area contributed by atoms with Gasteiger partial charge in [0.25, 0.3) is 10.0 Å². The van der Waals surface area contributed by atoms with E-state index < -0.39 is 21.9 Å². The first-order valence-corrected chi connectivity index (χ1v) is 12.9. The summed E-state index contributed by atoms with van der Waals surface area (Å²) in [4.78, 5) is 28.5. The predicted octanol–water partition coefficient (Wildman–Crippen LogP) is 3.00. The molecule has 0 aromatic heterocycles. The second-order valence-corrected chi connectivity index (χ2v) is 9.87. The molecule has 2 N–H and O–H groups in total. The molecule has 1 saturated heterocycles. The fraction of sp³-hybridized carbons (Fsp3) is 0.417. The summed E-state index contributed by atoms with van der Waals surface area (Å²) in [5.41, 5.74) is 3.06. The third-order valence-electron chi connectivity index (χ3n) is 5.85. The number of hydrogen-bond acceptors (Lipinski definition) is 5. The summed E-state index contributed by atoms with van der Waals surface area (Å²) >= 11 is 0. The van der Waals surface area contributed by atoms with Gasteiger partial charge in [0.2, 0.25) is 5.91 Å². The molecule has 0 unspecified atom stereocenters. The van der Waals surface area contributed by atoms with E-state index in [0.29, 0.717) is 26.1 Å². The van der Waals surface area contributed by atoms with E-state index in [4.69, 9.17) is 0 Å². The maximum atomic E-state index is 13.1. The molecule has 3 rings (SSSR count). The van der Waals surface area contributed by atoms with Crippen molar-refractivity contribution >= 4 is 27.6 Å². The summed E-state index contributed by atoms with van der Waals surface area (Å²) in [5.74, 6) is -0.682.